The number of likely N-dealkylation sites (N-methyl/N-ethyl adjacent to an activating group) is 1. The molecule has 2 fully saturated rings. The Bertz CT molecular complexity index is 1070. The summed E-state index contributed by atoms with van der Waals surface area (Å²) in [5.41, 5.74) is 2.53. The zero-order chi connectivity index (χ0) is 24.1. The highest BCUT2D eigenvalue weighted by Crippen LogP contribution is 2.31. The van der Waals surface area contributed by atoms with E-state index in [0.29, 0.717) is 5.69 Å². The van der Waals surface area contributed by atoms with Crippen molar-refractivity contribution in [2.45, 2.75) is 19.3 Å². The van der Waals surface area contributed by atoms with Gasteiger partial charge in [-0.05, 0) is 62.8 Å². The second-order valence-corrected chi connectivity index (χ2v) is 9.13. The summed E-state index contributed by atoms with van der Waals surface area (Å²) in [6.07, 6.45) is 3.15. The van der Waals surface area contributed by atoms with Gasteiger partial charge in [-0.2, -0.15) is 0 Å². The Hall–Kier alpha value is -2.95. The van der Waals surface area contributed by atoms with E-state index in [4.69, 9.17) is 12.2 Å². The molecule has 0 spiro atoms. The lowest BCUT2D eigenvalue weighted by atomic mass is 10.1. The van der Waals surface area contributed by atoms with Crippen molar-refractivity contribution in [1.29, 1.82) is 0 Å². The Morgan fingerprint density at radius 2 is 1.60 bits per heavy atom. The van der Waals surface area contributed by atoms with Crippen molar-refractivity contribution >= 4 is 58.4 Å². The number of nitrogens with zero attached hydrogens (tertiary/aromatic N) is 4. The molecule has 9 nitrogen and oxygen atoms in total. The Morgan fingerprint density at radius 1 is 0.943 bits per heavy atom. The van der Waals surface area contributed by atoms with E-state index in [1.54, 1.807) is 12.1 Å². The molecule has 2 saturated heterocycles. The van der Waals surface area contributed by atoms with E-state index in [9.17, 15) is 14.9 Å². The van der Waals surface area contributed by atoms with Gasteiger partial charge in [-0.1, -0.05) is 12.1 Å². The van der Waals surface area contributed by atoms with Crippen LogP contribution in [0.2, 0.25) is 0 Å². The van der Waals surface area contributed by atoms with Crippen LogP contribution in [-0.4, -0.2) is 67.2 Å². The first kappa shape index (κ1) is 26.7. The number of rotatable bonds is 5. The van der Waals surface area contributed by atoms with Gasteiger partial charge in [-0.25, -0.2) is 0 Å². The normalized spacial score (nSPS) is 16.3. The van der Waals surface area contributed by atoms with Crippen LogP contribution in [0.5, 0.6) is 0 Å². The van der Waals surface area contributed by atoms with E-state index in [1.165, 1.54) is 6.07 Å². The Balaban J connectivity index is 0.00000342. The smallest absolute Gasteiger partial charge is 0.293 e. The van der Waals surface area contributed by atoms with Crippen LogP contribution in [0.3, 0.4) is 0 Å². The molecular weight excluding hydrogens is 488 g/mol. The lowest BCUT2D eigenvalue weighted by Gasteiger charge is -2.35. The first-order valence-electron chi connectivity index (χ1n) is 11.6. The molecule has 11 heteroatoms. The minimum atomic E-state index is -0.483. The molecule has 2 aromatic carbocycles. The number of halogens is 1. The monoisotopic (exact) mass is 518 g/mol. The maximum Gasteiger partial charge on any atom is 0.293 e. The lowest BCUT2D eigenvalue weighted by Crippen LogP contribution is -2.45. The van der Waals surface area contributed by atoms with Crippen molar-refractivity contribution < 1.29 is 9.72 Å². The number of nitrogens with one attached hydrogen (secondary N) is 2. The van der Waals surface area contributed by atoms with Crippen LogP contribution in [0, 0.1) is 10.1 Å². The third kappa shape index (κ3) is 6.59. The highest BCUT2D eigenvalue weighted by atomic mass is 35.5. The summed E-state index contributed by atoms with van der Waals surface area (Å²) in [4.78, 5) is 30.7. The largest absolute Gasteiger partial charge is 0.367 e. The fourth-order valence-corrected chi connectivity index (χ4v) is 4.65. The summed E-state index contributed by atoms with van der Waals surface area (Å²) >= 11 is 5.39. The number of hydrogen-bond acceptors (Lipinski definition) is 7. The molecule has 35 heavy (non-hydrogen) atoms. The minimum Gasteiger partial charge on any atom is -0.367 e. The van der Waals surface area contributed by atoms with Crippen LogP contribution < -0.4 is 20.4 Å². The van der Waals surface area contributed by atoms with Crippen molar-refractivity contribution in [2.24, 2.45) is 0 Å². The Morgan fingerprint density at radius 3 is 2.29 bits per heavy atom. The van der Waals surface area contributed by atoms with Gasteiger partial charge in [0.1, 0.15) is 5.69 Å². The molecule has 188 valence electrons. The molecule has 2 N–H and O–H groups in total. The third-order valence-corrected chi connectivity index (χ3v) is 6.56. The number of hydrogen-bond donors (Lipinski definition) is 2. The fourth-order valence-electron chi connectivity index (χ4n) is 4.44. The van der Waals surface area contributed by atoms with E-state index < -0.39 is 10.8 Å². The minimum absolute atomic E-state index is 0. The molecule has 0 aliphatic carbocycles. The molecule has 2 aliphatic heterocycles. The van der Waals surface area contributed by atoms with Gasteiger partial charge < -0.3 is 20.0 Å². The Labute approximate surface area is 217 Å². The molecule has 0 unspecified atom stereocenters. The first-order valence-corrected chi connectivity index (χ1v) is 12.0. The molecule has 0 radical (unpaired) electrons. The molecular formula is C24H31ClN6O3S. The van der Waals surface area contributed by atoms with Crippen LogP contribution in [0.4, 0.5) is 22.7 Å². The number of carbonyl (C=O) groups is 1. The van der Waals surface area contributed by atoms with Gasteiger partial charge in [0.15, 0.2) is 5.11 Å². The van der Waals surface area contributed by atoms with Gasteiger partial charge in [0, 0.05) is 50.9 Å². The highest BCUT2D eigenvalue weighted by molar-refractivity contribution is 7.80. The van der Waals surface area contributed by atoms with E-state index >= 15 is 0 Å². The summed E-state index contributed by atoms with van der Waals surface area (Å²) in [6.45, 7) is 5.33. The van der Waals surface area contributed by atoms with E-state index in [-0.39, 0.29) is 28.8 Å². The molecule has 0 atom stereocenters. The summed E-state index contributed by atoms with van der Waals surface area (Å²) in [7, 11) is 2.11. The third-order valence-electron chi connectivity index (χ3n) is 6.35. The quantitative estimate of drug-likeness (QED) is 0.350. The number of anilines is 3. The number of benzene rings is 2. The van der Waals surface area contributed by atoms with Gasteiger partial charge >= 0.3 is 0 Å². The highest BCUT2D eigenvalue weighted by Gasteiger charge is 2.24. The predicted octanol–water partition coefficient (Wildman–Crippen LogP) is 3.89. The molecule has 2 heterocycles. The van der Waals surface area contributed by atoms with Crippen LogP contribution in [0.15, 0.2) is 42.5 Å². The Kier molecular flexibility index (Phi) is 9.25. The number of piperazine rings is 1. The number of amides is 1. The summed E-state index contributed by atoms with van der Waals surface area (Å²) in [5, 5.41) is 17.6. The molecule has 0 aromatic heterocycles. The van der Waals surface area contributed by atoms with Crippen molar-refractivity contribution in [3.63, 3.8) is 0 Å². The first-order chi connectivity index (χ1) is 16.4. The van der Waals surface area contributed by atoms with Gasteiger partial charge in [0.2, 0.25) is 0 Å². The average molecular weight is 519 g/mol. The molecule has 1 amide bonds. The summed E-state index contributed by atoms with van der Waals surface area (Å²) in [6, 6.07) is 12.5. The number of piperidine rings is 1. The number of nitro groups is 1. The maximum atomic E-state index is 12.8. The number of nitro benzene ring substituents is 1. The van der Waals surface area contributed by atoms with E-state index in [2.05, 4.69) is 27.5 Å². The van der Waals surface area contributed by atoms with Gasteiger partial charge in [0.25, 0.3) is 11.6 Å². The fraction of sp³-hybridized carbons (Fsp3) is 0.417. The second-order valence-electron chi connectivity index (χ2n) is 8.72. The van der Waals surface area contributed by atoms with Gasteiger partial charge in [0.05, 0.1) is 16.3 Å². The topological polar surface area (TPSA) is 94.0 Å². The standard InChI is InChI=1S/C24H30N6O3S.ClH/c1-27-13-15-29(16-14-27)20-8-4-3-7-19(20)25-24(34)26-23(31)18-9-10-21(22(17-18)30(32)33)28-11-5-2-6-12-28;/h3-4,7-10,17H,2,5-6,11-16H2,1H3,(H2,25,26,31,34);1H. The lowest BCUT2D eigenvalue weighted by molar-refractivity contribution is -0.384. The zero-order valence-electron chi connectivity index (χ0n) is 19.7. The molecule has 0 saturated carbocycles. The van der Waals surface area contributed by atoms with Crippen molar-refractivity contribution in [3.8, 4) is 0 Å². The van der Waals surface area contributed by atoms with Gasteiger partial charge in [-0.15, -0.1) is 12.4 Å². The number of para-hydroxylation sites is 2. The van der Waals surface area contributed by atoms with E-state index in [0.717, 1.165) is 69.9 Å². The van der Waals surface area contributed by atoms with Crippen LogP contribution in [-0.2, 0) is 0 Å². The van der Waals surface area contributed by atoms with Gasteiger partial charge in [-0.3, -0.25) is 20.2 Å². The molecule has 0 bridgehead atoms. The van der Waals surface area contributed by atoms with Crippen LogP contribution >= 0.6 is 24.6 Å². The molecule has 2 aliphatic rings. The van der Waals surface area contributed by atoms with Crippen LogP contribution in [0.25, 0.3) is 0 Å². The van der Waals surface area contributed by atoms with Crippen molar-refractivity contribution in [1.82, 2.24) is 10.2 Å². The summed E-state index contributed by atoms with van der Waals surface area (Å²) in [5.74, 6) is -0.483. The second kappa shape index (κ2) is 12.1. The SMILES string of the molecule is CN1CCN(c2ccccc2NC(=S)NC(=O)c2ccc(N3CCCCC3)c([N+](=O)[O-])c2)CC1.Cl. The molecule has 2 aromatic rings. The predicted molar refractivity (Wildman–Crippen MR) is 146 cm³/mol. The van der Waals surface area contributed by atoms with Crippen molar-refractivity contribution in [3.05, 3.63) is 58.1 Å². The molecule has 4 rings (SSSR count). The number of thiocarbonyl (C=S) groups is 1. The van der Waals surface area contributed by atoms with Crippen LogP contribution in [0.1, 0.15) is 29.6 Å². The number of carbonyl (C=O) groups excluding carboxylic acids is 1. The summed E-state index contributed by atoms with van der Waals surface area (Å²) < 4.78 is 0. The van der Waals surface area contributed by atoms with Crippen molar-refractivity contribution in [2.75, 3.05) is 61.4 Å². The average Bonchev–Trinajstić information content (AvgIpc) is 2.85. The van der Waals surface area contributed by atoms with E-state index in [1.807, 2.05) is 29.2 Å². The maximum absolute atomic E-state index is 12.8. The zero-order valence-corrected chi connectivity index (χ0v) is 21.4.